The lowest BCUT2D eigenvalue weighted by atomic mass is 10.2. The molecule has 4 rings (SSSR count). The van der Waals surface area contributed by atoms with Crippen LogP contribution in [0.15, 0.2) is 53.7 Å². The lowest BCUT2D eigenvalue weighted by molar-refractivity contribution is -0.274. The Hall–Kier alpha value is -3.25. The number of hydrogen-bond acceptors (Lipinski definition) is 7. The molecule has 2 heterocycles. The molecule has 0 bridgehead atoms. The normalized spacial score (nSPS) is 14.2. The molecule has 0 radical (unpaired) electrons. The summed E-state index contributed by atoms with van der Waals surface area (Å²) in [5, 5.41) is 11.9. The van der Waals surface area contributed by atoms with Gasteiger partial charge in [0.15, 0.2) is 5.16 Å². The van der Waals surface area contributed by atoms with Crippen LogP contribution >= 0.6 is 11.8 Å². The van der Waals surface area contributed by atoms with Gasteiger partial charge in [0.2, 0.25) is 11.9 Å². The molecule has 3 aromatic rings. The number of aromatic nitrogens is 3. The van der Waals surface area contributed by atoms with Crippen molar-refractivity contribution in [3.05, 3.63) is 54.1 Å². The van der Waals surface area contributed by atoms with Crippen LogP contribution in [0.25, 0.3) is 5.69 Å². The van der Waals surface area contributed by atoms with Crippen molar-refractivity contribution in [1.29, 1.82) is 0 Å². The third-order valence-corrected chi connectivity index (χ3v) is 5.80. The number of hydrogen-bond donors (Lipinski definition) is 1. The van der Waals surface area contributed by atoms with Crippen molar-refractivity contribution in [1.82, 2.24) is 14.8 Å². The van der Waals surface area contributed by atoms with Crippen LogP contribution in [-0.4, -0.2) is 59.1 Å². The Kier molecular flexibility index (Phi) is 7.27. The summed E-state index contributed by atoms with van der Waals surface area (Å²) in [6.07, 6.45) is -4.77. The van der Waals surface area contributed by atoms with Gasteiger partial charge in [-0.05, 0) is 48.9 Å². The molecule has 0 atom stereocenters. The first-order chi connectivity index (χ1) is 16.3. The number of nitrogens with one attached hydrogen (secondary N) is 1. The average Bonchev–Trinajstić information content (AvgIpc) is 3.23. The van der Waals surface area contributed by atoms with E-state index in [0.717, 1.165) is 23.4 Å². The highest BCUT2D eigenvalue weighted by Gasteiger charge is 2.31. The molecule has 0 spiro atoms. The van der Waals surface area contributed by atoms with Gasteiger partial charge in [-0.2, -0.15) is 0 Å². The third kappa shape index (κ3) is 6.20. The molecule has 34 heavy (non-hydrogen) atoms. The monoisotopic (exact) mass is 493 g/mol. The second-order valence-corrected chi connectivity index (χ2v) is 8.41. The van der Waals surface area contributed by atoms with E-state index in [0.29, 0.717) is 43.1 Å². The summed E-state index contributed by atoms with van der Waals surface area (Å²) in [5.41, 5.74) is 2.31. The van der Waals surface area contributed by atoms with E-state index in [1.54, 1.807) is 0 Å². The highest BCUT2D eigenvalue weighted by atomic mass is 32.2. The maximum Gasteiger partial charge on any atom is 0.573 e. The first kappa shape index (κ1) is 23.9. The molecule has 2 aromatic carbocycles. The first-order valence-corrected chi connectivity index (χ1v) is 11.4. The van der Waals surface area contributed by atoms with Crippen molar-refractivity contribution < 1.29 is 27.4 Å². The average molecular weight is 494 g/mol. The molecule has 1 aromatic heterocycles. The largest absolute Gasteiger partial charge is 0.573 e. The maximum atomic E-state index is 12.5. The minimum Gasteiger partial charge on any atom is -0.406 e. The number of alkyl halides is 3. The Morgan fingerprint density at radius 1 is 1.15 bits per heavy atom. The van der Waals surface area contributed by atoms with E-state index in [4.69, 9.17) is 4.74 Å². The third-order valence-electron chi connectivity index (χ3n) is 4.87. The van der Waals surface area contributed by atoms with Crippen LogP contribution in [0.3, 0.4) is 0 Å². The summed E-state index contributed by atoms with van der Waals surface area (Å²) in [6.45, 7) is 4.55. The van der Waals surface area contributed by atoms with Crippen molar-refractivity contribution in [3.63, 3.8) is 0 Å². The molecule has 180 valence electrons. The number of nitrogens with zero attached hydrogens (tertiary/aromatic N) is 4. The number of benzene rings is 2. The standard InChI is InChI=1S/C22H22F3N5O3S/c1-15-3-2-4-17(13-15)30-20(29-9-11-32-12-10-29)27-28-21(30)34-14-19(31)26-16-5-7-18(8-6-16)33-22(23,24)25/h2-8,13H,9-12,14H2,1H3,(H,26,31). The second kappa shape index (κ2) is 10.3. The van der Waals surface area contributed by atoms with Gasteiger partial charge in [0.1, 0.15) is 5.75 Å². The van der Waals surface area contributed by atoms with Gasteiger partial charge in [0.25, 0.3) is 0 Å². The SMILES string of the molecule is Cc1cccc(-n2c(SCC(=O)Nc3ccc(OC(F)(F)F)cc3)nnc2N2CCOCC2)c1. The van der Waals surface area contributed by atoms with Crippen LogP contribution < -0.4 is 15.0 Å². The number of halogens is 3. The predicted molar refractivity (Wildman–Crippen MR) is 122 cm³/mol. The fourth-order valence-corrected chi connectivity index (χ4v) is 4.13. The number of anilines is 2. The number of carbonyl (C=O) groups excluding carboxylic acids is 1. The van der Waals surface area contributed by atoms with Crippen LogP contribution in [0.4, 0.5) is 24.8 Å². The van der Waals surface area contributed by atoms with Crippen molar-refractivity contribution in [2.75, 3.05) is 42.3 Å². The summed E-state index contributed by atoms with van der Waals surface area (Å²) < 4.78 is 48.1. The minimum absolute atomic E-state index is 0.0356. The second-order valence-electron chi connectivity index (χ2n) is 7.47. The quantitative estimate of drug-likeness (QED) is 0.498. The van der Waals surface area contributed by atoms with E-state index < -0.39 is 6.36 Å². The van der Waals surface area contributed by atoms with E-state index in [2.05, 4.69) is 25.2 Å². The molecule has 1 saturated heterocycles. The molecule has 0 saturated carbocycles. The van der Waals surface area contributed by atoms with Crippen LogP contribution in [0.2, 0.25) is 0 Å². The van der Waals surface area contributed by atoms with Gasteiger partial charge in [-0.15, -0.1) is 23.4 Å². The Bertz CT molecular complexity index is 1130. The highest BCUT2D eigenvalue weighted by Crippen LogP contribution is 2.28. The Morgan fingerprint density at radius 2 is 1.88 bits per heavy atom. The zero-order valence-corrected chi connectivity index (χ0v) is 19.0. The number of ether oxygens (including phenoxy) is 2. The van der Waals surface area contributed by atoms with Gasteiger partial charge >= 0.3 is 6.36 Å². The topological polar surface area (TPSA) is 81.5 Å². The van der Waals surface area contributed by atoms with Crippen molar-refractivity contribution in [3.8, 4) is 11.4 Å². The lowest BCUT2D eigenvalue weighted by Crippen LogP contribution is -2.37. The molecule has 12 heteroatoms. The van der Waals surface area contributed by atoms with E-state index in [9.17, 15) is 18.0 Å². The number of carbonyl (C=O) groups is 1. The Balaban J connectivity index is 1.46. The molecule has 1 amide bonds. The molecule has 1 fully saturated rings. The molecule has 0 aliphatic carbocycles. The van der Waals surface area contributed by atoms with Crippen molar-refractivity contribution >= 4 is 29.3 Å². The van der Waals surface area contributed by atoms with Crippen LogP contribution in [0.5, 0.6) is 5.75 Å². The van der Waals surface area contributed by atoms with Gasteiger partial charge in [0, 0.05) is 18.8 Å². The van der Waals surface area contributed by atoms with Crippen LogP contribution in [0.1, 0.15) is 5.56 Å². The molecular weight excluding hydrogens is 471 g/mol. The lowest BCUT2D eigenvalue weighted by Gasteiger charge is -2.28. The van der Waals surface area contributed by atoms with E-state index in [-0.39, 0.29) is 17.4 Å². The first-order valence-electron chi connectivity index (χ1n) is 10.4. The fourth-order valence-electron chi connectivity index (χ4n) is 3.38. The molecule has 1 N–H and O–H groups in total. The predicted octanol–water partition coefficient (Wildman–Crippen LogP) is 4.04. The summed E-state index contributed by atoms with van der Waals surface area (Å²) in [6, 6.07) is 12.9. The summed E-state index contributed by atoms with van der Waals surface area (Å²) in [4.78, 5) is 14.6. The zero-order valence-electron chi connectivity index (χ0n) is 18.2. The maximum absolute atomic E-state index is 12.5. The molecule has 8 nitrogen and oxygen atoms in total. The Labute approximate surface area is 198 Å². The van der Waals surface area contributed by atoms with E-state index in [1.165, 1.54) is 23.9 Å². The zero-order chi connectivity index (χ0) is 24.1. The number of rotatable bonds is 7. The van der Waals surface area contributed by atoms with E-state index in [1.807, 2.05) is 35.8 Å². The fraction of sp³-hybridized carbons (Fsp3) is 0.318. The summed E-state index contributed by atoms with van der Waals surface area (Å²) in [5.74, 6) is 0.0217. The van der Waals surface area contributed by atoms with Gasteiger partial charge in [-0.1, -0.05) is 23.9 Å². The number of morpholine rings is 1. The summed E-state index contributed by atoms with van der Waals surface area (Å²) in [7, 11) is 0. The molecular formula is C22H22F3N5O3S. The molecule has 0 unspecified atom stereocenters. The van der Waals surface area contributed by atoms with Gasteiger partial charge in [-0.25, -0.2) is 0 Å². The summed E-state index contributed by atoms with van der Waals surface area (Å²) >= 11 is 1.22. The highest BCUT2D eigenvalue weighted by molar-refractivity contribution is 7.99. The van der Waals surface area contributed by atoms with Crippen molar-refractivity contribution in [2.45, 2.75) is 18.4 Å². The molecule has 1 aliphatic heterocycles. The minimum atomic E-state index is -4.77. The van der Waals surface area contributed by atoms with Gasteiger partial charge in [-0.3, -0.25) is 9.36 Å². The van der Waals surface area contributed by atoms with Gasteiger partial charge < -0.3 is 19.7 Å². The van der Waals surface area contributed by atoms with Gasteiger partial charge in [0.05, 0.1) is 24.7 Å². The Morgan fingerprint density at radius 3 is 2.56 bits per heavy atom. The number of thioether (sulfide) groups is 1. The smallest absolute Gasteiger partial charge is 0.406 e. The van der Waals surface area contributed by atoms with Crippen LogP contribution in [-0.2, 0) is 9.53 Å². The van der Waals surface area contributed by atoms with E-state index >= 15 is 0 Å². The van der Waals surface area contributed by atoms with Crippen molar-refractivity contribution in [2.24, 2.45) is 0 Å². The number of aryl methyl sites for hydroxylation is 1. The van der Waals surface area contributed by atoms with Crippen LogP contribution in [0, 0.1) is 6.92 Å². The molecule has 1 aliphatic rings. The number of amides is 1.